The van der Waals surface area contributed by atoms with Crippen LogP contribution in [0.1, 0.15) is 31.7 Å². The van der Waals surface area contributed by atoms with Crippen LogP contribution in [0.3, 0.4) is 0 Å². The molecule has 3 rings (SSSR count). The van der Waals surface area contributed by atoms with Gasteiger partial charge in [0.05, 0.1) is 6.10 Å². The molecule has 1 saturated carbocycles. The highest BCUT2D eigenvalue weighted by Gasteiger charge is 2.21. The van der Waals surface area contributed by atoms with Crippen LogP contribution in [-0.4, -0.2) is 18.0 Å². The Kier molecular flexibility index (Phi) is 3.00. The second-order valence-corrected chi connectivity index (χ2v) is 5.23. The van der Waals surface area contributed by atoms with Crippen LogP contribution in [-0.2, 0) is 0 Å². The van der Waals surface area contributed by atoms with E-state index in [0.717, 1.165) is 41.9 Å². The first-order chi connectivity index (χ1) is 8.72. The molecule has 1 fully saturated rings. The van der Waals surface area contributed by atoms with Crippen molar-refractivity contribution in [3.63, 3.8) is 0 Å². The lowest BCUT2D eigenvalue weighted by molar-refractivity contribution is 0.164. The van der Waals surface area contributed by atoms with Crippen LogP contribution in [0, 0.1) is 5.92 Å². The topological polar surface area (TPSA) is 38.7 Å². The summed E-state index contributed by atoms with van der Waals surface area (Å²) in [6, 6.07) is 5.90. The molecule has 1 heterocycles. The van der Waals surface area contributed by atoms with Crippen molar-refractivity contribution in [2.75, 3.05) is 6.79 Å². The van der Waals surface area contributed by atoms with Crippen LogP contribution in [0.5, 0.6) is 11.5 Å². The minimum atomic E-state index is -0.286. The molecule has 1 N–H and O–H groups in total. The average Bonchev–Trinajstić information content (AvgIpc) is 2.81. The highest BCUT2D eigenvalue weighted by atomic mass is 16.7. The van der Waals surface area contributed by atoms with Crippen molar-refractivity contribution in [2.45, 2.75) is 32.3 Å². The molecule has 96 valence electrons. The number of aliphatic hydroxyl groups is 1. The fraction of sp³-hybridized carbons (Fsp3) is 0.467. The lowest BCUT2D eigenvalue weighted by Gasteiger charge is -2.25. The van der Waals surface area contributed by atoms with Gasteiger partial charge >= 0.3 is 0 Å². The van der Waals surface area contributed by atoms with Gasteiger partial charge in [-0.25, -0.2) is 0 Å². The molecule has 1 aromatic rings. The summed E-state index contributed by atoms with van der Waals surface area (Å²) in [6.07, 6.45) is 4.77. The third kappa shape index (κ3) is 2.23. The number of hydrogen-bond donors (Lipinski definition) is 1. The van der Waals surface area contributed by atoms with Crippen molar-refractivity contribution in [1.82, 2.24) is 0 Å². The zero-order valence-electron chi connectivity index (χ0n) is 10.6. The summed E-state index contributed by atoms with van der Waals surface area (Å²) in [4.78, 5) is 0. The molecule has 2 unspecified atom stereocenters. The summed E-state index contributed by atoms with van der Waals surface area (Å²) in [5.74, 6) is 2.26. The normalized spacial score (nSPS) is 28.7. The van der Waals surface area contributed by atoms with Crippen LogP contribution in [0.2, 0.25) is 0 Å². The standard InChI is InChI=1S/C15H18O3/c1-10-2-4-13(16)12(6-10)7-11-3-5-14-15(8-11)18-9-17-14/h3,5,7-8,10,13,16H,2,4,6,9H2,1H3/b12-7+. The van der Waals surface area contributed by atoms with E-state index in [1.165, 1.54) is 0 Å². The zero-order valence-corrected chi connectivity index (χ0v) is 10.6. The monoisotopic (exact) mass is 246 g/mol. The second-order valence-electron chi connectivity index (χ2n) is 5.23. The average molecular weight is 246 g/mol. The molecule has 2 atom stereocenters. The van der Waals surface area contributed by atoms with E-state index >= 15 is 0 Å². The van der Waals surface area contributed by atoms with Crippen LogP contribution in [0.4, 0.5) is 0 Å². The van der Waals surface area contributed by atoms with Gasteiger partial charge in [-0.2, -0.15) is 0 Å². The van der Waals surface area contributed by atoms with Gasteiger partial charge in [-0.05, 0) is 48.4 Å². The van der Waals surface area contributed by atoms with Gasteiger partial charge in [-0.3, -0.25) is 0 Å². The van der Waals surface area contributed by atoms with Gasteiger partial charge in [0, 0.05) is 0 Å². The van der Waals surface area contributed by atoms with E-state index in [2.05, 4.69) is 13.0 Å². The van der Waals surface area contributed by atoms with Crippen molar-refractivity contribution in [3.05, 3.63) is 29.3 Å². The number of fused-ring (bicyclic) bond motifs is 1. The first-order valence-electron chi connectivity index (χ1n) is 6.50. The molecule has 1 aromatic carbocycles. The van der Waals surface area contributed by atoms with Gasteiger partial charge < -0.3 is 14.6 Å². The summed E-state index contributed by atoms with van der Waals surface area (Å²) in [5, 5.41) is 10.0. The zero-order chi connectivity index (χ0) is 12.5. The smallest absolute Gasteiger partial charge is 0.231 e. The highest BCUT2D eigenvalue weighted by molar-refractivity contribution is 5.59. The van der Waals surface area contributed by atoms with Gasteiger partial charge in [0.1, 0.15) is 0 Å². The van der Waals surface area contributed by atoms with Crippen LogP contribution in [0.25, 0.3) is 6.08 Å². The Balaban J connectivity index is 1.86. The van der Waals surface area contributed by atoms with Crippen LogP contribution >= 0.6 is 0 Å². The Morgan fingerprint density at radius 3 is 2.94 bits per heavy atom. The SMILES string of the molecule is CC1CCC(O)/C(=C/c2ccc3c(c2)OCO3)C1. The molecule has 0 spiro atoms. The van der Waals surface area contributed by atoms with Crippen molar-refractivity contribution in [3.8, 4) is 11.5 Å². The predicted octanol–water partition coefficient (Wildman–Crippen LogP) is 2.98. The maximum absolute atomic E-state index is 10.0. The van der Waals surface area contributed by atoms with Crippen molar-refractivity contribution in [2.24, 2.45) is 5.92 Å². The van der Waals surface area contributed by atoms with E-state index in [1.807, 2.05) is 18.2 Å². The highest BCUT2D eigenvalue weighted by Crippen LogP contribution is 2.35. The molecule has 2 aliphatic rings. The maximum Gasteiger partial charge on any atom is 0.231 e. The molecule has 3 heteroatoms. The Morgan fingerprint density at radius 1 is 1.22 bits per heavy atom. The first-order valence-corrected chi connectivity index (χ1v) is 6.50. The number of ether oxygens (including phenoxy) is 2. The number of hydrogen-bond acceptors (Lipinski definition) is 3. The lowest BCUT2D eigenvalue weighted by atomic mass is 9.84. The quantitative estimate of drug-likeness (QED) is 0.828. The molecule has 0 bridgehead atoms. The summed E-state index contributed by atoms with van der Waals surface area (Å²) in [6.45, 7) is 2.54. The Morgan fingerprint density at radius 2 is 2.06 bits per heavy atom. The number of benzene rings is 1. The number of aliphatic hydroxyl groups excluding tert-OH is 1. The molecule has 1 aliphatic carbocycles. The predicted molar refractivity (Wildman–Crippen MR) is 69.6 cm³/mol. The minimum absolute atomic E-state index is 0.286. The van der Waals surface area contributed by atoms with E-state index in [1.54, 1.807) is 0 Å². The molecule has 3 nitrogen and oxygen atoms in total. The van der Waals surface area contributed by atoms with Crippen molar-refractivity contribution >= 4 is 6.08 Å². The van der Waals surface area contributed by atoms with Crippen molar-refractivity contribution in [1.29, 1.82) is 0 Å². The molecule has 0 aromatic heterocycles. The Hall–Kier alpha value is -1.48. The van der Waals surface area contributed by atoms with Crippen molar-refractivity contribution < 1.29 is 14.6 Å². The van der Waals surface area contributed by atoms with Crippen LogP contribution in [0.15, 0.2) is 23.8 Å². The van der Waals surface area contributed by atoms with E-state index in [9.17, 15) is 5.11 Å². The molecular weight excluding hydrogens is 228 g/mol. The van der Waals surface area contributed by atoms with E-state index in [-0.39, 0.29) is 6.10 Å². The minimum Gasteiger partial charge on any atom is -0.454 e. The molecule has 1 aliphatic heterocycles. The summed E-state index contributed by atoms with van der Waals surface area (Å²) < 4.78 is 10.7. The van der Waals surface area contributed by atoms with Gasteiger partial charge in [-0.1, -0.05) is 19.1 Å². The third-order valence-corrected chi connectivity index (χ3v) is 3.69. The van der Waals surface area contributed by atoms with Crippen LogP contribution < -0.4 is 9.47 Å². The fourth-order valence-corrected chi connectivity index (χ4v) is 2.64. The summed E-state index contributed by atoms with van der Waals surface area (Å²) >= 11 is 0. The summed E-state index contributed by atoms with van der Waals surface area (Å²) in [7, 11) is 0. The van der Waals surface area contributed by atoms with Gasteiger partial charge in [0.25, 0.3) is 0 Å². The molecule has 0 saturated heterocycles. The Bertz CT molecular complexity index is 479. The first kappa shape index (κ1) is 11.6. The van der Waals surface area contributed by atoms with Gasteiger partial charge in [0.15, 0.2) is 11.5 Å². The number of rotatable bonds is 1. The van der Waals surface area contributed by atoms with E-state index < -0.39 is 0 Å². The Labute approximate surface area is 107 Å². The maximum atomic E-state index is 10.0. The largest absolute Gasteiger partial charge is 0.454 e. The molecule has 18 heavy (non-hydrogen) atoms. The molecular formula is C15H18O3. The van der Waals surface area contributed by atoms with E-state index in [0.29, 0.717) is 12.7 Å². The van der Waals surface area contributed by atoms with Gasteiger partial charge in [0.2, 0.25) is 6.79 Å². The fourth-order valence-electron chi connectivity index (χ4n) is 2.64. The third-order valence-electron chi connectivity index (χ3n) is 3.69. The molecule has 0 amide bonds. The van der Waals surface area contributed by atoms with E-state index in [4.69, 9.17) is 9.47 Å². The summed E-state index contributed by atoms with van der Waals surface area (Å²) in [5.41, 5.74) is 2.20. The second kappa shape index (κ2) is 4.65. The lowest BCUT2D eigenvalue weighted by Crippen LogP contribution is -2.19. The van der Waals surface area contributed by atoms with Gasteiger partial charge in [-0.15, -0.1) is 0 Å². The molecule has 0 radical (unpaired) electrons.